The van der Waals surface area contributed by atoms with Gasteiger partial charge < -0.3 is 9.64 Å². The average Bonchev–Trinajstić information content (AvgIpc) is 3.31. The highest BCUT2D eigenvalue weighted by Gasteiger charge is 2.37. The van der Waals surface area contributed by atoms with Crippen molar-refractivity contribution < 1.29 is 17.9 Å². The molecule has 0 radical (unpaired) electrons. The summed E-state index contributed by atoms with van der Waals surface area (Å²) in [5, 5.41) is 1.23. The van der Waals surface area contributed by atoms with Gasteiger partial charge in [-0.2, -0.15) is 4.31 Å². The van der Waals surface area contributed by atoms with Gasteiger partial charge in [0.05, 0.1) is 26.7 Å². The number of ether oxygens (including phenoxy) is 1. The smallest absolute Gasteiger partial charge is 0.248 e. The summed E-state index contributed by atoms with van der Waals surface area (Å²) in [6.07, 6.45) is 1.34. The van der Waals surface area contributed by atoms with E-state index in [2.05, 4.69) is 4.90 Å². The number of carbonyl (C=O) groups is 1. The van der Waals surface area contributed by atoms with Crippen LogP contribution >= 0.6 is 46.4 Å². The van der Waals surface area contributed by atoms with Gasteiger partial charge in [-0.3, -0.25) is 9.69 Å². The summed E-state index contributed by atoms with van der Waals surface area (Å²) in [7, 11) is -3.88. The molecule has 2 aromatic rings. The monoisotopic (exact) mass is 593 g/mol. The minimum atomic E-state index is -3.88. The SMILES string of the molecule is O=C(COCC1CCCN1S(=O)(=O)c1c(Cl)cccc1Cl)N1CCN(Cc2ccc(Cl)c(Cl)c2)CC1. The van der Waals surface area contributed by atoms with Crippen molar-refractivity contribution in [3.63, 3.8) is 0 Å². The van der Waals surface area contributed by atoms with Crippen molar-refractivity contribution in [1.82, 2.24) is 14.1 Å². The third-order valence-corrected chi connectivity index (χ3v) is 10.1. The van der Waals surface area contributed by atoms with Crippen LogP contribution in [0.15, 0.2) is 41.3 Å². The number of halogens is 4. The number of nitrogens with zero attached hydrogens (tertiary/aromatic N) is 3. The number of amides is 1. The summed E-state index contributed by atoms with van der Waals surface area (Å²) in [6, 6.07) is 9.84. The van der Waals surface area contributed by atoms with Crippen LogP contribution in [-0.4, -0.2) is 80.4 Å². The summed E-state index contributed by atoms with van der Waals surface area (Å²) < 4.78 is 33.5. The van der Waals surface area contributed by atoms with Crippen molar-refractivity contribution in [3.8, 4) is 0 Å². The fraction of sp³-hybridized carbons (Fsp3) is 0.458. The van der Waals surface area contributed by atoms with E-state index in [0.717, 1.165) is 25.2 Å². The quantitative estimate of drug-likeness (QED) is 0.438. The molecule has 0 spiro atoms. The maximum absolute atomic E-state index is 13.2. The second kappa shape index (κ2) is 12.2. The summed E-state index contributed by atoms with van der Waals surface area (Å²) in [6.45, 7) is 3.78. The van der Waals surface area contributed by atoms with E-state index in [1.165, 1.54) is 16.4 Å². The number of hydrogen-bond acceptors (Lipinski definition) is 5. The molecule has 0 saturated carbocycles. The third-order valence-electron chi connectivity index (χ3n) is 6.46. The molecule has 0 N–H and O–H groups in total. The molecular formula is C24H27Cl4N3O4S. The maximum atomic E-state index is 13.2. The fourth-order valence-corrected chi connectivity index (χ4v) is 7.66. The van der Waals surface area contributed by atoms with Crippen LogP contribution in [0, 0.1) is 0 Å². The Morgan fingerprint density at radius 2 is 1.61 bits per heavy atom. The molecule has 1 atom stereocenters. The van der Waals surface area contributed by atoms with Crippen LogP contribution in [0.1, 0.15) is 18.4 Å². The Labute approximate surface area is 231 Å². The number of piperazine rings is 1. The molecule has 12 heteroatoms. The Bertz CT molecular complexity index is 1190. The zero-order valence-corrected chi connectivity index (χ0v) is 23.3. The Balaban J connectivity index is 1.25. The Morgan fingerprint density at radius 1 is 0.917 bits per heavy atom. The minimum Gasteiger partial charge on any atom is -0.370 e. The molecule has 4 rings (SSSR count). The largest absolute Gasteiger partial charge is 0.370 e. The van der Waals surface area contributed by atoms with Crippen molar-refractivity contribution in [2.24, 2.45) is 0 Å². The standard InChI is InChI=1S/C24H27Cl4N3O4S/c25-19-7-6-17(13-22(19)28)14-29-9-11-30(12-10-29)23(32)16-35-15-18-3-2-8-31(18)36(33,34)24-20(26)4-1-5-21(24)27/h1,4-7,13,18H,2-3,8-12,14-16H2. The molecule has 2 aromatic carbocycles. The topological polar surface area (TPSA) is 70.2 Å². The van der Waals surface area contributed by atoms with Crippen LogP contribution in [0.2, 0.25) is 20.1 Å². The maximum Gasteiger partial charge on any atom is 0.248 e. The van der Waals surface area contributed by atoms with Crippen LogP contribution in [0.4, 0.5) is 0 Å². The van der Waals surface area contributed by atoms with Gasteiger partial charge in [0, 0.05) is 45.3 Å². The Morgan fingerprint density at radius 3 is 2.28 bits per heavy atom. The first-order chi connectivity index (χ1) is 17.2. The summed E-state index contributed by atoms with van der Waals surface area (Å²) >= 11 is 24.4. The zero-order valence-electron chi connectivity index (χ0n) is 19.5. The number of hydrogen-bond donors (Lipinski definition) is 0. The molecule has 0 aliphatic carbocycles. The Kier molecular flexibility index (Phi) is 9.44. The van der Waals surface area contributed by atoms with Gasteiger partial charge in [-0.15, -0.1) is 0 Å². The van der Waals surface area contributed by atoms with E-state index in [1.807, 2.05) is 12.1 Å². The van der Waals surface area contributed by atoms with Gasteiger partial charge >= 0.3 is 0 Å². The van der Waals surface area contributed by atoms with E-state index in [4.69, 9.17) is 51.1 Å². The van der Waals surface area contributed by atoms with Crippen molar-refractivity contribution in [2.75, 3.05) is 45.9 Å². The highest BCUT2D eigenvalue weighted by molar-refractivity contribution is 7.89. The van der Waals surface area contributed by atoms with Gasteiger partial charge in [-0.1, -0.05) is 58.5 Å². The van der Waals surface area contributed by atoms with Crippen LogP contribution in [0.25, 0.3) is 0 Å². The van der Waals surface area contributed by atoms with Crippen molar-refractivity contribution in [1.29, 1.82) is 0 Å². The van der Waals surface area contributed by atoms with E-state index in [1.54, 1.807) is 17.0 Å². The van der Waals surface area contributed by atoms with E-state index < -0.39 is 10.0 Å². The number of carbonyl (C=O) groups excluding carboxylic acids is 1. The average molecular weight is 595 g/mol. The predicted octanol–water partition coefficient (Wildman–Crippen LogP) is 4.81. The van der Waals surface area contributed by atoms with Crippen molar-refractivity contribution in [3.05, 3.63) is 62.1 Å². The van der Waals surface area contributed by atoms with Crippen LogP contribution in [-0.2, 0) is 26.1 Å². The molecule has 1 unspecified atom stereocenters. The Hall–Kier alpha value is -1.10. The van der Waals surface area contributed by atoms with Crippen LogP contribution in [0.5, 0.6) is 0 Å². The first-order valence-corrected chi connectivity index (χ1v) is 14.6. The number of benzene rings is 2. The summed E-state index contributed by atoms with van der Waals surface area (Å²) in [5.74, 6) is -0.106. The van der Waals surface area contributed by atoms with Gasteiger partial charge in [0.15, 0.2) is 0 Å². The highest BCUT2D eigenvalue weighted by Crippen LogP contribution is 2.35. The van der Waals surface area contributed by atoms with Gasteiger partial charge in [0.25, 0.3) is 0 Å². The number of rotatable bonds is 8. The third kappa shape index (κ3) is 6.48. The van der Waals surface area contributed by atoms with Crippen molar-refractivity contribution in [2.45, 2.75) is 30.3 Å². The van der Waals surface area contributed by atoms with Gasteiger partial charge in [-0.25, -0.2) is 8.42 Å². The van der Waals surface area contributed by atoms with Gasteiger partial charge in [-0.05, 0) is 42.7 Å². The molecular weight excluding hydrogens is 568 g/mol. The lowest BCUT2D eigenvalue weighted by molar-refractivity contribution is -0.138. The van der Waals surface area contributed by atoms with E-state index >= 15 is 0 Å². The van der Waals surface area contributed by atoms with Crippen LogP contribution < -0.4 is 0 Å². The molecule has 7 nitrogen and oxygen atoms in total. The lowest BCUT2D eigenvalue weighted by Crippen LogP contribution is -2.49. The lowest BCUT2D eigenvalue weighted by atomic mass is 10.2. The highest BCUT2D eigenvalue weighted by atomic mass is 35.5. The van der Waals surface area contributed by atoms with Gasteiger partial charge in [0.1, 0.15) is 11.5 Å². The zero-order chi connectivity index (χ0) is 25.9. The molecule has 2 fully saturated rings. The molecule has 2 aliphatic heterocycles. The predicted molar refractivity (Wildman–Crippen MR) is 143 cm³/mol. The second-order valence-corrected chi connectivity index (χ2v) is 12.3. The van der Waals surface area contributed by atoms with Gasteiger partial charge in [0.2, 0.25) is 15.9 Å². The molecule has 2 heterocycles. The molecule has 0 bridgehead atoms. The first-order valence-electron chi connectivity index (χ1n) is 11.6. The molecule has 196 valence electrons. The lowest BCUT2D eigenvalue weighted by Gasteiger charge is -2.35. The molecule has 0 aromatic heterocycles. The molecule has 36 heavy (non-hydrogen) atoms. The molecule has 2 saturated heterocycles. The second-order valence-electron chi connectivity index (χ2n) is 8.88. The van der Waals surface area contributed by atoms with Crippen molar-refractivity contribution >= 4 is 62.3 Å². The fourth-order valence-electron chi connectivity index (χ4n) is 4.56. The molecule has 2 aliphatic rings. The molecule has 1 amide bonds. The normalized spacial score (nSPS) is 19.7. The van der Waals surface area contributed by atoms with Crippen LogP contribution in [0.3, 0.4) is 0 Å². The van der Waals surface area contributed by atoms with E-state index in [-0.39, 0.29) is 40.1 Å². The van der Waals surface area contributed by atoms with E-state index in [9.17, 15) is 13.2 Å². The minimum absolute atomic E-state index is 0.0857. The van der Waals surface area contributed by atoms with E-state index in [0.29, 0.717) is 42.5 Å². The summed E-state index contributed by atoms with van der Waals surface area (Å²) in [5.41, 5.74) is 1.07. The first kappa shape index (κ1) is 27.9. The number of sulfonamides is 1. The summed E-state index contributed by atoms with van der Waals surface area (Å²) in [4.78, 5) is 16.6.